The standard InChI is InChI=1S/C10H17ClN4O/c1-2-3-4-15(5-6-16)9-8(12)7-13-10(11)14-9/h7,16H,2-6,12H2,1H3. The van der Waals surface area contributed by atoms with Gasteiger partial charge in [-0.2, -0.15) is 4.98 Å². The van der Waals surface area contributed by atoms with Gasteiger partial charge in [-0.3, -0.25) is 0 Å². The normalized spacial score (nSPS) is 10.4. The zero-order valence-corrected chi connectivity index (χ0v) is 10.1. The molecule has 0 aliphatic carbocycles. The van der Waals surface area contributed by atoms with Crippen LogP contribution in [0.2, 0.25) is 5.28 Å². The largest absolute Gasteiger partial charge is 0.395 e. The van der Waals surface area contributed by atoms with Crippen LogP contribution in [0.3, 0.4) is 0 Å². The molecular weight excluding hydrogens is 228 g/mol. The van der Waals surface area contributed by atoms with Gasteiger partial charge in [0.05, 0.1) is 18.5 Å². The Labute approximate surface area is 100 Å². The molecule has 1 rings (SSSR count). The molecule has 0 saturated carbocycles. The lowest BCUT2D eigenvalue weighted by molar-refractivity contribution is 0.301. The maximum Gasteiger partial charge on any atom is 0.224 e. The van der Waals surface area contributed by atoms with Crippen molar-refractivity contribution in [3.63, 3.8) is 0 Å². The number of nitrogens with two attached hydrogens (primary N) is 1. The number of aromatic nitrogens is 2. The number of rotatable bonds is 6. The molecule has 1 aromatic rings. The first kappa shape index (κ1) is 13.0. The van der Waals surface area contributed by atoms with Gasteiger partial charge in [-0.1, -0.05) is 13.3 Å². The van der Waals surface area contributed by atoms with E-state index in [9.17, 15) is 0 Å². The SMILES string of the molecule is CCCCN(CCO)c1nc(Cl)ncc1N. The van der Waals surface area contributed by atoms with E-state index in [-0.39, 0.29) is 11.9 Å². The molecule has 0 aliphatic heterocycles. The fraction of sp³-hybridized carbons (Fsp3) is 0.600. The molecule has 0 aliphatic rings. The zero-order chi connectivity index (χ0) is 12.0. The molecule has 1 aromatic heterocycles. The molecule has 0 radical (unpaired) electrons. The predicted octanol–water partition coefficient (Wildman–Crippen LogP) is 1.31. The average molecular weight is 245 g/mol. The third-order valence-corrected chi connectivity index (χ3v) is 2.40. The first-order chi connectivity index (χ1) is 7.69. The molecule has 3 N–H and O–H groups in total. The van der Waals surface area contributed by atoms with Crippen LogP contribution in [0.25, 0.3) is 0 Å². The lowest BCUT2D eigenvalue weighted by Gasteiger charge is -2.23. The Morgan fingerprint density at radius 2 is 2.25 bits per heavy atom. The summed E-state index contributed by atoms with van der Waals surface area (Å²) in [5, 5.41) is 9.17. The van der Waals surface area contributed by atoms with E-state index in [1.165, 1.54) is 6.20 Å². The average Bonchev–Trinajstić information content (AvgIpc) is 2.28. The van der Waals surface area contributed by atoms with E-state index in [0.717, 1.165) is 19.4 Å². The number of unbranched alkanes of at least 4 members (excludes halogenated alkanes) is 1. The number of aliphatic hydroxyl groups excluding tert-OH is 1. The molecular formula is C10H17ClN4O. The first-order valence-corrected chi connectivity index (χ1v) is 5.70. The van der Waals surface area contributed by atoms with Crippen molar-refractivity contribution in [1.29, 1.82) is 0 Å². The third kappa shape index (κ3) is 3.50. The highest BCUT2D eigenvalue weighted by molar-refractivity contribution is 6.28. The van der Waals surface area contributed by atoms with Gasteiger partial charge in [0.15, 0.2) is 5.82 Å². The summed E-state index contributed by atoms with van der Waals surface area (Å²) < 4.78 is 0. The number of aliphatic hydroxyl groups is 1. The van der Waals surface area contributed by atoms with Gasteiger partial charge in [-0.05, 0) is 18.0 Å². The van der Waals surface area contributed by atoms with Gasteiger partial charge < -0.3 is 15.7 Å². The molecule has 16 heavy (non-hydrogen) atoms. The van der Waals surface area contributed by atoms with Crippen molar-refractivity contribution < 1.29 is 5.11 Å². The molecule has 1 heterocycles. The van der Waals surface area contributed by atoms with Crippen molar-refractivity contribution in [2.45, 2.75) is 19.8 Å². The smallest absolute Gasteiger partial charge is 0.224 e. The van der Waals surface area contributed by atoms with Crippen LogP contribution in [-0.2, 0) is 0 Å². The fourth-order valence-electron chi connectivity index (χ4n) is 1.41. The monoisotopic (exact) mass is 244 g/mol. The first-order valence-electron chi connectivity index (χ1n) is 5.32. The molecule has 0 spiro atoms. The van der Waals surface area contributed by atoms with Crippen molar-refractivity contribution in [3.05, 3.63) is 11.5 Å². The van der Waals surface area contributed by atoms with Crippen LogP contribution >= 0.6 is 11.6 Å². The van der Waals surface area contributed by atoms with E-state index >= 15 is 0 Å². The van der Waals surface area contributed by atoms with Crippen molar-refractivity contribution >= 4 is 23.1 Å². The fourth-order valence-corrected chi connectivity index (χ4v) is 1.54. The third-order valence-electron chi connectivity index (χ3n) is 2.22. The number of halogens is 1. The van der Waals surface area contributed by atoms with E-state index in [2.05, 4.69) is 16.9 Å². The van der Waals surface area contributed by atoms with E-state index in [1.807, 2.05) is 4.90 Å². The Bertz CT molecular complexity index is 335. The van der Waals surface area contributed by atoms with E-state index in [1.54, 1.807) is 0 Å². The number of hydrogen-bond donors (Lipinski definition) is 2. The van der Waals surface area contributed by atoms with Gasteiger partial charge >= 0.3 is 0 Å². The maximum atomic E-state index is 9.00. The molecule has 0 unspecified atom stereocenters. The maximum absolute atomic E-state index is 9.00. The summed E-state index contributed by atoms with van der Waals surface area (Å²) in [6.45, 7) is 3.46. The minimum Gasteiger partial charge on any atom is -0.395 e. The lowest BCUT2D eigenvalue weighted by Crippen LogP contribution is -2.29. The molecule has 0 amide bonds. The highest BCUT2D eigenvalue weighted by Gasteiger charge is 2.11. The summed E-state index contributed by atoms with van der Waals surface area (Å²) in [6.07, 6.45) is 3.57. The molecule has 0 atom stereocenters. The second-order valence-corrected chi connectivity index (χ2v) is 3.82. The second kappa shape index (κ2) is 6.50. The van der Waals surface area contributed by atoms with Crippen LogP contribution in [0.4, 0.5) is 11.5 Å². The zero-order valence-electron chi connectivity index (χ0n) is 9.36. The van der Waals surface area contributed by atoms with Crippen molar-refractivity contribution in [2.75, 3.05) is 30.3 Å². The van der Waals surface area contributed by atoms with Crippen molar-refractivity contribution in [2.24, 2.45) is 0 Å². The molecule has 0 fully saturated rings. The Morgan fingerprint density at radius 1 is 1.50 bits per heavy atom. The quantitative estimate of drug-likeness (QED) is 0.738. The van der Waals surface area contributed by atoms with Crippen LogP contribution < -0.4 is 10.6 Å². The van der Waals surface area contributed by atoms with Crippen molar-refractivity contribution in [3.8, 4) is 0 Å². The number of nitrogen functional groups attached to an aromatic ring is 1. The summed E-state index contributed by atoms with van der Waals surface area (Å²) >= 11 is 5.73. The Kier molecular flexibility index (Phi) is 5.28. The Balaban J connectivity index is 2.85. The number of anilines is 2. The van der Waals surface area contributed by atoms with E-state index in [4.69, 9.17) is 22.4 Å². The van der Waals surface area contributed by atoms with Crippen LogP contribution in [0.15, 0.2) is 6.20 Å². The van der Waals surface area contributed by atoms with Crippen molar-refractivity contribution in [1.82, 2.24) is 9.97 Å². The van der Waals surface area contributed by atoms with Gasteiger partial charge in [0.2, 0.25) is 5.28 Å². The summed E-state index contributed by atoms with van der Waals surface area (Å²) in [6, 6.07) is 0. The van der Waals surface area contributed by atoms with Gasteiger partial charge in [-0.15, -0.1) is 0 Å². The molecule has 0 saturated heterocycles. The molecule has 0 aromatic carbocycles. The lowest BCUT2D eigenvalue weighted by atomic mass is 10.3. The van der Waals surface area contributed by atoms with E-state index in [0.29, 0.717) is 18.1 Å². The highest BCUT2D eigenvalue weighted by Crippen LogP contribution is 2.21. The molecule has 0 bridgehead atoms. The minimum atomic E-state index is 0.0603. The topological polar surface area (TPSA) is 75.3 Å². The van der Waals surface area contributed by atoms with Crippen LogP contribution in [0.1, 0.15) is 19.8 Å². The van der Waals surface area contributed by atoms with Crippen LogP contribution in [0, 0.1) is 0 Å². The number of nitrogens with zero attached hydrogens (tertiary/aromatic N) is 3. The van der Waals surface area contributed by atoms with Gasteiger partial charge in [0, 0.05) is 13.1 Å². The second-order valence-electron chi connectivity index (χ2n) is 3.48. The summed E-state index contributed by atoms with van der Waals surface area (Å²) in [5.41, 5.74) is 6.27. The molecule has 5 nitrogen and oxygen atoms in total. The predicted molar refractivity (Wildman–Crippen MR) is 65.7 cm³/mol. The van der Waals surface area contributed by atoms with E-state index < -0.39 is 0 Å². The Morgan fingerprint density at radius 3 is 2.88 bits per heavy atom. The highest BCUT2D eigenvalue weighted by atomic mass is 35.5. The van der Waals surface area contributed by atoms with Gasteiger partial charge in [0.1, 0.15) is 0 Å². The summed E-state index contributed by atoms with van der Waals surface area (Å²) in [4.78, 5) is 9.81. The van der Waals surface area contributed by atoms with Gasteiger partial charge in [0.25, 0.3) is 0 Å². The minimum absolute atomic E-state index is 0.0603. The summed E-state index contributed by atoms with van der Waals surface area (Å²) in [7, 11) is 0. The molecule has 90 valence electrons. The van der Waals surface area contributed by atoms with Gasteiger partial charge in [-0.25, -0.2) is 4.98 Å². The molecule has 6 heteroatoms. The van der Waals surface area contributed by atoms with Crippen LogP contribution in [-0.4, -0.2) is 34.8 Å². The summed E-state index contributed by atoms with van der Waals surface area (Å²) in [5.74, 6) is 0.600. The van der Waals surface area contributed by atoms with Crippen LogP contribution in [0.5, 0.6) is 0 Å². The number of hydrogen-bond acceptors (Lipinski definition) is 5. The Hall–Kier alpha value is -1.07.